The first-order chi connectivity index (χ1) is 8.68. The van der Waals surface area contributed by atoms with Crippen LogP contribution in [-0.2, 0) is 4.79 Å². The molecular weight excluding hydrogens is 234 g/mol. The maximum Gasteiger partial charge on any atom is 0.407 e. The van der Waals surface area contributed by atoms with E-state index in [-0.39, 0.29) is 5.91 Å². The molecule has 0 aliphatic carbocycles. The highest BCUT2D eigenvalue weighted by atomic mass is 16.4. The second-order valence-corrected chi connectivity index (χ2v) is 5.01. The molecule has 0 saturated carbocycles. The Morgan fingerprint density at radius 1 is 1.00 bits per heavy atom. The Kier molecular flexibility index (Phi) is 4.41. The van der Waals surface area contributed by atoms with Gasteiger partial charge in [0.25, 0.3) is 5.91 Å². The van der Waals surface area contributed by atoms with E-state index in [1.54, 1.807) is 0 Å². The smallest absolute Gasteiger partial charge is 0.407 e. The number of hydrazine groups is 1. The van der Waals surface area contributed by atoms with Crippen LogP contribution >= 0.6 is 0 Å². The van der Waals surface area contributed by atoms with Gasteiger partial charge in [-0.25, -0.2) is 9.80 Å². The summed E-state index contributed by atoms with van der Waals surface area (Å²) in [5, 5.41) is 11.0. The van der Waals surface area contributed by atoms with Gasteiger partial charge in [0.05, 0.1) is 0 Å². The quantitative estimate of drug-likeness (QED) is 0.773. The summed E-state index contributed by atoms with van der Waals surface area (Å²) >= 11 is 0. The van der Waals surface area contributed by atoms with Crippen molar-refractivity contribution in [2.75, 3.05) is 19.6 Å². The molecule has 2 aliphatic heterocycles. The van der Waals surface area contributed by atoms with Crippen LogP contribution < -0.4 is 5.43 Å². The normalized spacial score (nSPS) is 25.8. The Hall–Kier alpha value is -1.30. The van der Waals surface area contributed by atoms with E-state index in [1.165, 1.54) is 17.7 Å². The summed E-state index contributed by atoms with van der Waals surface area (Å²) in [6.07, 6.45) is 4.99. The van der Waals surface area contributed by atoms with Crippen LogP contribution in [0.5, 0.6) is 0 Å². The van der Waals surface area contributed by atoms with Gasteiger partial charge in [-0.05, 0) is 25.7 Å². The minimum absolute atomic E-state index is 0.170. The van der Waals surface area contributed by atoms with Crippen LogP contribution in [0.15, 0.2) is 0 Å². The summed E-state index contributed by atoms with van der Waals surface area (Å²) in [6.45, 7) is 2.20. The van der Waals surface area contributed by atoms with Crippen LogP contribution in [-0.4, -0.2) is 52.7 Å². The van der Waals surface area contributed by atoms with Crippen molar-refractivity contribution in [1.82, 2.24) is 15.3 Å². The first kappa shape index (κ1) is 13.1. The highest BCUT2D eigenvalue weighted by Crippen LogP contribution is 2.17. The number of carbonyl (C=O) groups excluding carboxylic acids is 1. The number of carbonyl (C=O) groups is 2. The lowest BCUT2D eigenvalue weighted by atomic mass is 10.2. The minimum atomic E-state index is -0.997. The lowest BCUT2D eigenvalue weighted by molar-refractivity contribution is -0.130. The van der Waals surface area contributed by atoms with E-state index in [2.05, 4.69) is 5.43 Å². The van der Waals surface area contributed by atoms with Gasteiger partial charge in [-0.1, -0.05) is 12.8 Å². The van der Waals surface area contributed by atoms with Crippen molar-refractivity contribution in [1.29, 1.82) is 0 Å². The zero-order chi connectivity index (χ0) is 13.0. The van der Waals surface area contributed by atoms with Crippen LogP contribution in [0.25, 0.3) is 0 Å². The van der Waals surface area contributed by atoms with Crippen molar-refractivity contribution in [3.8, 4) is 0 Å². The lowest BCUT2D eigenvalue weighted by Gasteiger charge is -2.26. The van der Waals surface area contributed by atoms with Gasteiger partial charge < -0.3 is 5.11 Å². The van der Waals surface area contributed by atoms with E-state index in [4.69, 9.17) is 5.11 Å². The molecule has 2 aliphatic rings. The number of nitrogens with one attached hydrogen (secondary N) is 1. The Morgan fingerprint density at radius 3 is 2.28 bits per heavy atom. The summed E-state index contributed by atoms with van der Waals surface area (Å²) < 4.78 is 0. The first-order valence-electron chi connectivity index (χ1n) is 6.73. The fourth-order valence-corrected chi connectivity index (χ4v) is 2.68. The molecule has 2 amide bonds. The number of amides is 2. The molecule has 6 nitrogen and oxygen atoms in total. The SMILES string of the molecule is O=C(NN1CCCCCC1)[C@@H]1CCCN1C(=O)O. The van der Waals surface area contributed by atoms with E-state index in [1.807, 2.05) is 5.01 Å². The van der Waals surface area contributed by atoms with Crippen molar-refractivity contribution in [3.05, 3.63) is 0 Å². The largest absolute Gasteiger partial charge is 0.465 e. The number of rotatable bonds is 2. The molecule has 0 bridgehead atoms. The summed E-state index contributed by atoms with van der Waals surface area (Å²) in [4.78, 5) is 24.3. The fraction of sp³-hybridized carbons (Fsp3) is 0.833. The number of likely N-dealkylation sites (tertiary alicyclic amines) is 1. The monoisotopic (exact) mass is 255 g/mol. The Balaban J connectivity index is 1.88. The predicted molar refractivity (Wildman–Crippen MR) is 65.9 cm³/mol. The van der Waals surface area contributed by atoms with Crippen molar-refractivity contribution in [2.45, 2.75) is 44.6 Å². The topological polar surface area (TPSA) is 72.9 Å². The molecule has 0 unspecified atom stereocenters. The van der Waals surface area contributed by atoms with Gasteiger partial charge in [-0.3, -0.25) is 15.1 Å². The van der Waals surface area contributed by atoms with Crippen LogP contribution in [0.4, 0.5) is 4.79 Å². The summed E-state index contributed by atoms with van der Waals surface area (Å²) in [5.74, 6) is -0.170. The third-order valence-electron chi connectivity index (χ3n) is 3.68. The summed E-state index contributed by atoms with van der Waals surface area (Å²) in [6, 6.07) is -0.509. The van der Waals surface area contributed by atoms with E-state index < -0.39 is 12.1 Å². The number of hydrogen-bond donors (Lipinski definition) is 2. The Morgan fingerprint density at radius 2 is 1.67 bits per heavy atom. The van der Waals surface area contributed by atoms with Gasteiger partial charge in [0, 0.05) is 19.6 Å². The second-order valence-electron chi connectivity index (χ2n) is 5.01. The molecule has 0 radical (unpaired) electrons. The second kappa shape index (κ2) is 6.04. The molecule has 0 aromatic heterocycles. The number of hydrogen-bond acceptors (Lipinski definition) is 3. The highest BCUT2D eigenvalue weighted by Gasteiger charge is 2.34. The minimum Gasteiger partial charge on any atom is -0.465 e. The van der Waals surface area contributed by atoms with Gasteiger partial charge in [-0.15, -0.1) is 0 Å². The molecule has 2 saturated heterocycles. The maximum atomic E-state index is 12.1. The van der Waals surface area contributed by atoms with Gasteiger partial charge in [0.15, 0.2) is 0 Å². The maximum absolute atomic E-state index is 12.1. The summed E-state index contributed by atoms with van der Waals surface area (Å²) in [5.41, 5.74) is 2.88. The van der Waals surface area contributed by atoms with Crippen LogP contribution in [0.3, 0.4) is 0 Å². The molecule has 0 aromatic carbocycles. The fourth-order valence-electron chi connectivity index (χ4n) is 2.68. The highest BCUT2D eigenvalue weighted by molar-refractivity contribution is 5.85. The molecule has 18 heavy (non-hydrogen) atoms. The van der Waals surface area contributed by atoms with E-state index in [0.29, 0.717) is 13.0 Å². The zero-order valence-electron chi connectivity index (χ0n) is 10.6. The Bertz CT molecular complexity index is 314. The number of nitrogens with zero attached hydrogens (tertiary/aromatic N) is 2. The van der Waals surface area contributed by atoms with E-state index >= 15 is 0 Å². The molecule has 1 atom stereocenters. The van der Waals surface area contributed by atoms with Crippen molar-refractivity contribution in [2.24, 2.45) is 0 Å². The van der Waals surface area contributed by atoms with E-state index in [9.17, 15) is 9.59 Å². The van der Waals surface area contributed by atoms with Gasteiger partial charge in [0.1, 0.15) is 6.04 Å². The number of carboxylic acid groups (broad SMARTS) is 1. The van der Waals surface area contributed by atoms with E-state index in [0.717, 1.165) is 32.4 Å². The molecular formula is C12H21N3O3. The average Bonchev–Trinajstić information content (AvgIpc) is 2.70. The van der Waals surface area contributed by atoms with Crippen molar-refractivity contribution < 1.29 is 14.7 Å². The van der Waals surface area contributed by atoms with Gasteiger partial charge in [-0.2, -0.15) is 0 Å². The zero-order valence-corrected chi connectivity index (χ0v) is 10.6. The van der Waals surface area contributed by atoms with Crippen LogP contribution in [0.1, 0.15) is 38.5 Å². The average molecular weight is 255 g/mol. The van der Waals surface area contributed by atoms with Crippen molar-refractivity contribution >= 4 is 12.0 Å². The van der Waals surface area contributed by atoms with Crippen LogP contribution in [0, 0.1) is 0 Å². The molecule has 102 valence electrons. The molecule has 2 rings (SSSR count). The van der Waals surface area contributed by atoms with Gasteiger partial charge >= 0.3 is 6.09 Å². The van der Waals surface area contributed by atoms with Crippen LogP contribution in [0.2, 0.25) is 0 Å². The summed E-state index contributed by atoms with van der Waals surface area (Å²) in [7, 11) is 0. The standard InChI is InChI=1S/C12H21N3O3/c16-11(10-6-5-9-15(10)12(17)18)13-14-7-3-1-2-4-8-14/h10H,1-9H2,(H,13,16)(H,17,18)/t10-/m0/s1. The molecule has 0 spiro atoms. The Labute approximate surface area is 107 Å². The lowest BCUT2D eigenvalue weighted by Crippen LogP contribution is -2.51. The molecule has 6 heteroatoms. The molecule has 2 N–H and O–H groups in total. The molecule has 2 heterocycles. The third-order valence-corrected chi connectivity index (χ3v) is 3.68. The van der Waals surface area contributed by atoms with Crippen molar-refractivity contribution in [3.63, 3.8) is 0 Å². The predicted octanol–water partition coefficient (Wildman–Crippen LogP) is 1.04. The third kappa shape index (κ3) is 3.13. The van der Waals surface area contributed by atoms with Gasteiger partial charge in [0.2, 0.25) is 0 Å². The molecule has 2 fully saturated rings. The first-order valence-corrected chi connectivity index (χ1v) is 6.73. The molecule has 0 aromatic rings.